The second-order valence-corrected chi connectivity index (χ2v) is 4.98. The first kappa shape index (κ1) is 15.8. The van der Waals surface area contributed by atoms with E-state index >= 15 is 0 Å². The molecule has 1 aromatic carbocycles. The van der Waals surface area contributed by atoms with Gasteiger partial charge in [-0.05, 0) is 23.8 Å². The lowest BCUT2D eigenvalue weighted by Gasteiger charge is -2.29. The van der Waals surface area contributed by atoms with Crippen LogP contribution in [0.2, 0.25) is 0 Å². The summed E-state index contributed by atoms with van der Waals surface area (Å²) >= 11 is 0. The van der Waals surface area contributed by atoms with E-state index in [0.29, 0.717) is 0 Å². The van der Waals surface area contributed by atoms with Crippen molar-refractivity contribution >= 4 is 18.0 Å². The molecule has 22 heavy (non-hydrogen) atoms. The maximum atomic E-state index is 13.9. The molecule has 1 heterocycles. The Kier molecular flexibility index (Phi) is 4.07. The fourth-order valence-electron chi connectivity index (χ4n) is 1.97. The number of cyclic esters (lactones) is 2. The molecule has 0 radical (unpaired) electrons. The summed E-state index contributed by atoms with van der Waals surface area (Å²) in [6.45, 7) is 2.88. The summed E-state index contributed by atoms with van der Waals surface area (Å²) in [4.78, 5) is 23.7. The molecule has 0 saturated carbocycles. The average molecular weight is 310 g/mol. The molecule has 1 fully saturated rings. The molecule has 1 saturated heterocycles. The molecule has 1 aliphatic heterocycles. The van der Waals surface area contributed by atoms with E-state index in [9.17, 15) is 14.0 Å². The summed E-state index contributed by atoms with van der Waals surface area (Å²) in [6.07, 6.45) is 1.17. The molecule has 0 aromatic heterocycles. The third-order valence-electron chi connectivity index (χ3n) is 2.88. The van der Waals surface area contributed by atoms with Gasteiger partial charge in [0.15, 0.2) is 17.3 Å². The fraction of sp³-hybridized carbons (Fsp3) is 0.333. The first-order valence-electron chi connectivity index (χ1n) is 6.37. The molecule has 7 heteroatoms. The minimum absolute atomic E-state index is 0.0698. The monoisotopic (exact) mass is 310 g/mol. The largest absolute Gasteiger partial charge is 0.493 e. The summed E-state index contributed by atoms with van der Waals surface area (Å²) in [5.41, 5.74) is -0.0929. The van der Waals surface area contributed by atoms with Crippen LogP contribution in [0.3, 0.4) is 0 Å². The minimum Gasteiger partial charge on any atom is -0.493 e. The second kappa shape index (κ2) is 5.67. The van der Waals surface area contributed by atoms with Crippen molar-refractivity contribution in [1.29, 1.82) is 0 Å². The highest BCUT2D eigenvalue weighted by molar-refractivity contribution is 6.18. The predicted octanol–water partition coefficient (Wildman–Crippen LogP) is 2.06. The van der Waals surface area contributed by atoms with Gasteiger partial charge in [-0.2, -0.15) is 0 Å². The predicted molar refractivity (Wildman–Crippen MR) is 73.7 cm³/mol. The number of carbonyl (C=O) groups is 2. The van der Waals surface area contributed by atoms with Crippen molar-refractivity contribution in [2.45, 2.75) is 19.6 Å². The molecule has 1 aromatic rings. The standard InChI is InChI=1S/C15H15FO6/c1-15(2)21-13(17)9(14(18)22-15)5-8-6-10(16)12(20-4)11(7-8)19-3/h5-7H,1-4H3. The Bertz CT molecular complexity index is 640. The van der Waals surface area contributed by atoms with Crippen LogP contribution in [0.1, 0.15) is 19.4 Å². The first-order chi connectivity index (χ1) is 10.3. The summed E-state index contributed by atoms with van der Waals surface area (Å²) in [5.74, 6) is -3.62. The minimum atomic E-state index is -1.33. The number of methoxy groups -OCH3 is 2. The topological polar surface area (TPSA) is 71.1 Å². The van der Waals surface area contributed by atoms with Crippen molar-refractivity contribution in [3.05, 3.63) is 29.1 Å². The van der Waals surface area contributed by atoms with Gasteiger partial charge in [0.2, 0.25) is 0 Å². The molecule has 2 rings (SSSR count). The lowest BCUT2D eigenvalue weighted by atomic mass is 10.1. The second-order valence-electron chi connectivity index (χ2n) is 4.98. The third-order valence-corrected chi connectivity index (χ3v) is 2.88. The average Bonchev–Trinajstić information content (AvgIpc) is 2.41. The lowest BCUT2D eigenvalue weighted by molar-refractivity contribution is -0.222. The molecule has 6 nitrogen and oxygen atoms in total. The van der Waals surface area contributed by atoms with Gasteiger partial charge in [-0.1, -0.05) is 0 Å². The molecule has 0 amide bonds. The number of hydrogen-bond acceptors (Lipinski definition) is 6. The highest BCUT2D eigenvalue weighted by Crippen LogP contribution is 2.33. The van der Waals surface area contributed by atoms with Crippen molar-refractivity contribution in [2.75, 3.05) is 14.2 Å². The molecule has 0 N–H and O–H groups in total. The summed E-state index contributed by atoms with van der Waals surface area (Å²) < 4.78 is 33.7. The van der Waals surface area contributed by atoms with Crippen LogP contribution < -0.4 is 9.47 Å². The van der Waals surface area contributed by atoms with E-state index in [-0.39, 0.29) is 22.6 Å². The number of halogens is 1. The quantitative estimate of drug-likeness (QED) is 0.483. The van der Waals surface area contributed by atoms with Gasteiger partial charge < -0.3 is 18.9 Å². The van der Waals surface area contributed by atoms with Crippen LogP contribution in [0, 0.1) is 5.82 Å². The Morgan fingerprint density at radius 1 is 1.09 bits per heavy atom. The molecule has 1 aliphatic rings. The van der Waals surface area contributed by atoms with E-state index in [2.05, 4.69) is 0 Å². The van der Waals surface area contributed by atoms with Crippen LogP contribution in [0.4, 0.5) is 4.39 Å². The molecule has 118 valence electrons. The molecule has 0 spiro atoms. The number of ether oxygens (including phenoxy) is 4. The smallest absolute Gasteiger partial charge is 0.348 e. The highest BCUT2D eigenvalue weighted by atomic mass is 19.1. The van der Waals surface area contributed by atoms with Gasteiger partial charge in [0.1, 0.15) is 5.57 Å². The van der Waals surface area contributed by atoms with Crippen LogP contribution in [-0.2, 0) is 19.1 Å². The van der Waals surface area contributed by atoms with E-state index in [1.807, 2.05) is 0 Å². The van der Waals surface area contributed by atoms with Crippen LogP contribution in [0.15, 0.2) is 17.7 Å². The number of carbonyl (C=O) groups excluding carboxylic acids is 2. The van der Waals surface area contributed by atoms with E-state index < -0.39 is 23.5 Å². The van der Waals surface area contributed by atoms with Crippen molar-refractivity contribution < 1.29 is 32.9 Å². The Balaban J connectivity index is 2.43. The molecule has 0 atom stereocenters. The van der Waals surface area contributed by atoms with E-state index in [1.165, 1.54) is 40.2 Å². The summed E-state index contributed by atoms with van der Waals surface area (Å²) in [6, 6.07) is 2.53. The zero-order chi connectivity index (χ0) is 16.5. The van der Waals surface area contributed by atoms with Gasteiger partial charge in [0, 0.05) is 13.8 Å². The first-order valence-corrected chi connectivity index (χ1v) is 6.37. The fourth-order valence-corrected chi connectivity index (χ4v) is 1.97. The van der Waals surface area contributed by atoms with Gasteiger partial charge in [-0.15, -0.1) is 0 Å². The zero-order valence-corrected chi connectivity index (χ0v) is 12.6. The zero-order valence-electron chi connectivity index (χ0n) is 12.6. The number of rotatable bonds is 3. The van der Waals surface area contributed by atoms with E-state index in [1.54, 1.807) is 0 Å². The normalized spacial score (nSPS) is 16.7. The maximum Gasteiger partial charge on any atom is 0.348 e. The lowest BCUT2D eigenvalue weighted by Crippen LogP contribution is -2.41. The maximum absolute atomic E-state index is 13.9. The molecule has 0 aliphatic carbocycles. The summed E-state index contributed by atoms with van der Waals surface area (Å²) in [5, 5.41) is 0. The molecular formula is C15H15FO6. The Hall–Kier alpha value is -2.57. The number of hydrogen-bond donors (Lipinski definition) is 0. The third kappa shape index (κ3) is 3.03. The molecular weight excluding hydrogens is 295 g/mol. The Labute approximate surface area is 126 Å². The van der Waals surface area contributed by atoms with Gasteiger partial charge in [0.25, 0.3) is 5.79 Å². The van der Waals surface area contributed by atoms with Gasteiger partial charge in [-0.3, -0.25) is 0 Å². The van der Waals surface area contributed by atoms with Crippen LogP contribution in [0.25, 0.3) is 6.08 Å². The van der Waals surface area contributed by atoms with E-state index in [4.69, 9.17) is 18.9 Å². The van der Waals surface area contributed by atoms with Gasteiger partial charge in [-0.25, -0.2) is 14.0 Å². The number of esters is 2. The summed E-state index contributed by atoms with van der Waals surface area (Å²) in [7, 11) is 2.65. The van der Waals surface area contributed by atoms with Gasteiger partial charge in [0.05, 0.1) is 14.2 Å². The highest BCUT2D eigenvalue weighted by Gasteiger charge is 2.38. The van der Waals surface area contributed by atoms with Gasteiger partial charge >= 0.3 is 11.9 Å². The Morgan fingerprint density at radius 2 is 1.68 bits per heavy atom. The van der Waals surface area contributed by atoms with E-state index in [0.717, 1.165) is 6.07 Å². The van der Waals surface area contributed by atoms with Crippen molar-refractivity contribution in [3.8, 4) is 11.5 Å². The van der Waals surface area contributed by atoms with Crippen molar-refractivity contribution in [1.82, 2.24) is 0 Å². The van der Waals surface area contributed by atoms with Crippen LogP contribution in [0.5, 0.6) is 11.5 Å². The van der Waals surface area contributed by atoms with Crippen molar-refractivity contribution in [3.63, 3.8) is 0 Å². The molecule has 0 unspecified atom stereocenters. The molecule has 0 bridgehead atoms. The van der Waals surface area contributed by atoms with Crippen LogP contribution >= 0.6 is 0 Å². The SMILES string of the molecule is COc1cc(C=C2C(=O)OC(C)(C)OC2=O)cc(F)c1OC. The number of benzene rings is 1. The van der Waals surface area contributed by atoms with Crippen LogP contribution in [-0.4, -0.2) is 31.9 Å². The Morgan fingerprint density at radius 3 is 2.18 bits per heavy atom. The van der Waals surface area contributed by atoms with Crippen molar-refractivity contribution in [2.24, 2.45) is 0 Å².